The number of carbonyl (C=O) groups excluding carboxylic acids is 2. The van der Waals surface area contributed by atoms with Crippen LogP contribution in [0.3, 0.4) is 0 Å². The molecular formula is C22H23N3O4. The van der Waals surface area contributed by atoms with E-state index in [1.54, 1.807) is 42.6 Å². The Balaban J connectivity index is 1.70. The van der Waals surface area contributed by atoms with Gasteiger partial charge in [-0.25, -0.2) is 0 Å². The number of morpholine rings is 1. The van der Waals surface area contributed by atoms with Gasteiger partial charge in [0.05, 0.1) is 24.5 Å². The van der Waals surface area contributed by atoms with Crippen LogP contribution in [0.2, 0.25) is 0 Å². The Morgan fingerprint density at radius 2 is 1.76 bits per heavy atom. The lowest BCUT2D eigenvalue weighted by molar-refractivity contribution is -0.140. The maximum Gasteiger partial charge on any atom is 0.295 e. The smallest absolute Gasteiger partial charge is 0.295 e. The number of aliphatic hydroxyl groups excluding tert-OH is 1. The van der Waals surface area contributed by atoms with Crippen LogP contribution in [0.25, 0.3) is 5.76 Å². The highest BCUT2D eigenvalue weighted by Crippen LogP contribution is 2.38. The summed E-state index contributed by atoms with van der Waals surface area (Å²) in [6.45, 7) is 3.92. The van der Waals surface area contributed by atoms with Crippen LogP contribution in [0, 0.1) is 0 Å². The number of rotatable bonds is 5. The maximum atomic E-state index is 12.9. The van der Waals surface area contributed by atoms with E-state index in [1.165, 1.54) is 4.90 Å². The molecule has 2 aliphatic heterocycles. The molecule has 4 rings (SSSR count). The molecule has 1 aromatic carbocycles. The van der Waals surface area contributed by atoms with Gasteiger partial charge < -0.3 is 14.7 Å². The van der Waals surface area contributed by atoms with E-state index in [0.29, 0.717) is 37.6 Å². The number of ketones is 1. The first kappa shape index (κ1) is 19.3. The van der Waals surface area contributed by atoms with Crippen LogP contribution >= 0.6 is 0 Å². The van der Waals surface area contributed by atoms with Crippen molar-refractivity contribution in [2.75, 3.05) is 39.4 Å². The SMILES string of the molecule is O=C1C(=O)N(CCN2CCOCC2)[C@H](c2ccccn2)C1=C(O)c1ccccc1. The van der Waals surface area contributed by atoms with Crippen LogP contribution in [-0.2, 0) is 14.3 Å². The molecule has 7 heteroatoms. The van der Waals surface area contributed by atoms with Crippen molar-refractivity contribution in [3.63, 3.8) is 0 Å². The molecule has 0 aliphatic carbocycles. The molecule has 1 N–H and O–H groups in total. The Morgan fingerprint density at radius 3 is 2.45 bits per heavy atom. The molecule has 0 spiro atoms. The maximum absolute atomic E-state index is 12.9. The van der Waals surface area contributed by atoms with Crippen LogP contribution in [0.1, 0.15) is 17.3 Å². The lowest BCUT2D eigenvalue weighted by Crippen LogP contribution is -2.42. The number of ether oxygens (including phenoxy) is 1. The van der Waals surface area contributed by atoms with Gasteiger partial charge in [0.15, 0.2) is 0 Å². The van der Waals surface area contributed by atoms with Crippen LogP contribution in [0.15, 0.2) is 60.3 Å². The van der Waals surface area contributed by atoms with Gasteiger partial charge in [-0.3, -0.25) is 19.5 Å². The predicted molar refractivity (Wildman–Crippen MR) is 107 cm³/mol. The summed E-state index contributed by atoms with van der Waals surface area (Å²) < 4.78 is 5.37. The average Bonchev–Trinajstić information content (AvgIpc) is 3.04. The third-order valence-electron chi connectivity index (χ3n) is 5.32. The third-order valence-corrected chi connectivity index (χ3v) is 5.32. The molecule has 2 saturated heterocycles. The summed E-state index contributed by atoms with van der Waals surface area (Å²) in [5.41, 5.74) is 1.15. The Labute approximate surface area is 169 Å². The van der Waals surface area contributed by atoms with Gasteiger partial charge in [0.2, 0.25) is 0 Å². The van der Waals surface area contributed by atoms with E-state index < -0.39 is 17.7 Å². The Kier molecular flexibility index (Phi) is 5.69. The van der Waals surface area contributed by atoms with E-state index in [2.05, 4.69) is 9.88 Å². The zero-order valence-electron chi connectivity index (χ0n) is 16.0. The van der Waals surface area contributed by atoms with E-state index in [-0.39, 0.29) is 11.3 Å². The highest BCUT2D eigenvalue weighted by molar-refractivity contribution is 6.46. The molecule has 0 bridgehead atoms. The number of carbonyl (C=O) groups is 2. The molecule has 0 unspecified atom stereocenters. The Hall–Kier alpha value is -3.03. The van der Waals surface area contributed by atoms with Gasteiger partial charge in [0, 0.05) is 37.9 Å². The van der Waals surface area contributed by atoms with E-state index in [1.807, 2.05) is 12.1 Å². The van der Waals surface area contributed by atoms with Gasteiger partial charge in [0.1, 0.15) is 11.8 Å². The van der Waals surface area contributed by atoms with Crippen molar-refractivity contribution in [3.8, 4) is 0 Å². The first-order chi connectivity index (χ1) is 14.2. The highest BCUT2D eigenvalue weighted by atomic mass is 16.5. The summed E-state index contributed by atoms with van der Waals surface area (Å²) in [7, 11) is 0. The predicted octanol–water partition coefficient (Wildman–Crippen LogP) is 1.84. The highest BCUT2D eigenvalue weighted by Gasteiger charge is 2.46. The van der Waals surface area contributed by atoms with Gasteiger partial charge in [-0.2, -0.15) is 0 Å². The number of hydrogen-bond acceptors (Lipinski definition) is 6. The lowest BCUT2D eigenvalue weighted by Gasteiger charge is -2.30. The Morgan fingerprint density at radius 1 is 1.03 bits per heavy atom. The summed E-state index contributed by atoms with van der Waals surface area (Å²) in [6, 6.07) is 13.5. The Bertz CT molecular complexity index is 908. The van der Waals surface area contributed by atoms with Gasteiger partial charge in [-0.15, -0.1) is 0 Å². The molecule has 2 aromatic rings. The summed E-state index contributed by atoms with van der Waals surface area (Å²) in [5.74, 6) is -1.45. The summed E-state index contributed by atoms with van der Waals surface area (Å²) in [5, 5.41) is 10.9. The largest absolute Gasteiger partial charge is 0.507 e. The molecule has 150 valence electrons. The molecule has 2 aliphatic rings. The van der Waals surface area contributed by atoms with Crippen LogP contribution in [0.4, 0.5) is 0 Å². The van der Waals surface area contributed by atoms with Crippen molar-refractivity contribution in [3.05, 3.63) is 71.6 Å². The minimum Gasteiger partial charge on any atom is -0.507 e. The zero-order chi connectivity index (χ0) is 20.2. The van der Waals surface area contributed by atoms with Crippen molar-refractivity contribution in [2.24, 2.45) is 0 Å². The molecule has 3 heterocycles. The van der Waals surface area contributed by atoms with Crippen molar-refractivity contribution in [2.45, 2.75) is 6.04 Å². The quantitative estimate of drug-likeness (QED) is 0.474. The average molecular weight is 393 g/mol. The number of Topliss-reactive ketones (excluding diaryl/α,β-unsaturated/α-hetero) is 1. The summed E-state index contributed by atoms with van der Waals surface area (Å²) >= 11 is 0. The first-order valence-electron chi connectivity index (χ1n) is 9.71. The van der Waals surface area contributed by atoms with E-state index in [4.69, 9.17) is 4.74 Å². The van der Waals surface area contributed by atoms with Gasteiger partial charge in [-0.05, 0) is 12.1 Å². The fourth-order valence-electron chi connectivity index (χ4n) is 3.78. The summed E-state index contributed by atoms with van der Waals surface area (Å²) in [4.78, 5) is 33.9. The fraction of sp³-hybridized carbons (Fsp3) is 0.318. The molecule has 2 fully saturated rings. The third kappa shape index (κ3) is 3.92. The van der Waals surface area contributed by atoms with Crippen LogP contribution < -0.4 is 0 Å². The molecule has 0 saturated carbocycles. The number of likely N-dealkylation sites (tertiary alicyclic amines) is 1. The fourth-order valence-corrected chi connectivity index (χ4v) is 3.78. The second-order valence-electron chi connectivity index (χ2n) is 7.07. The number of pyridine rings is 1. The molecule has 29 heavy (non-hydrogen) atoms. The number of aliphatic hydroxyl groups is 1. The molecule has 7 nitrogen and oxygen atoms in total. The number of nitrogens with zero attached hydrogens (tertiary/aromatic N) is 3. The molecule has 0 radical (unpaired) electrons. The summed E-state index contributed by atoms with van der Waals surface area (Å²) in [6.07, 6.45) is 1.62. The van der Waals surface area contributed by atoms with Gasteiger partial charge in [-0.1, -0.05) is 36.4 Å². The second kappa shape index (κ2) is 8.55. The minimum absolute atomic E-state index is 0.0851. The number of amides is 1. The number of hydrogen-bond donors (Lipinski definition) is 1. The monoisotopic (exact) mass is 393 g/mol. The zero-order valence-corrected chi connectivity index (χ0v) is 16.0. The van der Waals surface area contributed by atoms with Crippen molar-refractivity contribution in [1.29, 1.82) is 0 Å². The minimum atomic E-state index is -0.711. The van der Waals surface area contributed by atoms with Gasteiger partial charge in [0.25, 0.3) is 11.7 Å². The molecule has 1 amide bonds. The second-order valence-corrected chi connectivity index (χ2v) is 7.07. The van der Waals surface area contributed by atoms with Crippen molar-refractivity contribution in [1.82, 2.24) is 14.8 Å². The standard InChI is InChI=1S/C22H23N3O4/c26-20(16-6-2-1-3-7-16)18-19(17-8-4-5-9-23-17)25(22(28)21(18)27)11-10-24-12-14-29-15-13-24/h1-9,19,26H,10-15H2/t19-/m1/s1. The van der Waals surface area contributed by atoms with Crippen LogP contribution in [-0.4, -0.2) is 71.0 Å². The molecular weight excluding hydrogens is 370 g/mol. The molecule has 1 aromatic heterocycles. The number of benzene rings is 1. The van der Waals surface area contributed by atoms with Gasteiger partial charge >= 0.3 is 0 Å². The van der Waals surface area contributed by atoms with Crippen molar-refractivity contribution < 1.29 is 19.4 Å². The van der Waals surface area contributed by atoms with Crippen molar-refractivity contribution >= 4 is 17.4 Å². The number of aromatic nitrogens is 1. The van der Waals surface area contributed by atoms with E-state index >= 15 is 0 Å². The lowest BCUT2D eigenvalue weighted by atomic mass is 9.98. The first-order valence-corrected chi connectivity index (χ1v) is 9.71. The van der Waals surface area contributed by atoms with E-state index in [0.717, 1.165) is 13.1 Å². The normalized spacial score (nSPS) is 22.2. The topological polar surface area (TPSA) is 83.0 Å². The molecule has 1 atom stereocenters. The van der Waals surface area contributed by atoms with E-state index in [9.17, 15) is 14.7 Å². The van der Waals surface area contributed by atoms with Crippen LogP contribution in [0.5, 0.6) is 0 Å².